The van der Waals surface area contributed by atoms with E-state index in [9.17, 15) is 17.6 Å². The standard InChI is InChI=1S/C15H18F4N2O/c16-10-7-9(8-11(17)14(10)22-15(18)19)21-6-5-20-12-3-1-2-4-13(12)21/h7-8,12-13,15,20H,1-6H2/t12-,13?/m0/s1. The lowest BCUT2D eigenvalue weighted by molar-refractivity contribution is -0.0546. The van der Waals surface area contributed by atoms with Gasteiger partial charge in [0.25, 0.3) is 0 Å². The maximum absolute atomic E-state index is 13.9. The van der Waals surface area contributed by atoms with Crippen molar-refractivity contribution in [3.05, 3.63) is 23.8 Å². The first-order chi connectivity index (χ1) is 10.6. The molecule has 1 N–H and O–H groups in total. The van der Waals surface area contributed by atoms with Crippen molar-refractivity contribution in [3.63, 3.8) is 0 Å². The second-order valence-electron chi connectivity index (χ2n) is 5.72. The molecule has 1 aliphatic heterocycles. The molecule has 1 saturated heterocycles. The van der Waals surface area contributed by atoms with E-state index in [1.807, 2.05) is 4.90 Å². The Bertz CT molecular complexity index is 515. The van der Waals surface area contributed by atoms with Gasteiger partial charge in [0.05, 0.1) is 0 Å². The molecule has 0 amide bonds. The lowest BCUT2D eigenvalue weighted by atomic mass is 9.87. The van der Waals surface area contributed by atoms with Crippen molar-refractivity contribution in [2.24, 2.45) is 0 Å². The van der Waals surface area contributed by atoms with E-state index in [1.54, 1.807) is 0 Å². The Morgan fingerprint density at radius 1 is 1.14 bits per heavy atom. The van der Waals surface area contributed by atoms with Crippen molar-refractivity contribution in [3.8, 4) is 5.75 Å². The minimum atomic E-state index is -3.25. The molecule has 122 valence electrons. The molecule has 7 heteroatoms. The quantitative estimate of drug-likeness (QED) is 0.866. The minimum Gasteiger partial charge on any atom is -0.429 e. The summed E-state index contributed by atoms with van der Waals surface area (Å²) < 4.78 is 56.1. The molecule has 2 atom stereocenters. The van der Waals surface area contributed by atoms with Crippen molar-refractivity contribution in [1.82, 2.24) is 5.32 Å². The van der Waals surface area contributed by atoms with Crippen LogP contribution in [0.3, 0.4) is 0 Å². The van der Waals surface area contributed by atoms with E-state index in [-0.39, 0.29) is 6.04 Å². The van der Waals surface area contributed by atoms with Gasteiger partial charge in [0.15, 0.2) is 17.4 Å². The maximum Gasteiger partial charge on any atom is 0.387 e. The van der Waals surface area contributed by atoms with Crippen LogP contribution >= 0.6 is 0 Å². The summed E-state index contributed by atoms with van der Waals surface area (Å²) in [7, 11) is 0. The molecule has 0 spiro atoms. The molecule has 1 aliphatic carbocycles. The van der Waals surface area contributed by atoms with Gasteiger partial charge in [-0.15, -0.1) is 0 Å². The highest BCUT2D eigenvalue weighted by Gasteiger charge is 2.34. The Labute approximate surface area is 126 Å². The summed E-state index contributed by atoms with van der Waals surface area (Å²) in [5.74, 6) is -3.21. The van der Waals surface area contributed by atoms with Crippen LogP contribution in [-0.2, 0) is 0 Å². The van der Waals surface area contributed by atoms with Gasteiger partial charge in [-0.05, 0) is 12.8 Å². The molecule has 3 rings (SSSR count). The highest BCUT2D eigenvalue weighted by molar-refractivity contribution is 5.52. The summed E-state index contributed by atoms with van der Waals surface area (Å²) in [5.41, 5.74) is 0.384. The van der Waals surface area contributed by atoms with Gasteiger partial charge < -0.3 is 15.0 Å². The van der Waals surface area contributed by atoms with E-state index in [0.717, 1.165) is 44.4 Å². The van der Waals surface area contributed by atoms with Crippen molar-refractivity contribution < 1.29 is 22.3 Å². The number of alkyl halides is 2. The number of benzene rings is 1. The molecule has 22 heavy (non-hydrogen) atoms. The number of ether oxygens (including phenoxy) is 1. The molecule has 1 unspecified atom stereocenters. The Morgan fingerprint density at radius 3 is 2.50 bits per heavy atom. The maximum atomic E-state index is 13.9. The number of nitrogens with one attached hydrogen (secondary N) is 1. The van der Waals surface area contributed by atoms with Gasteiger partial charge in [-0.1, -0.05) is 12.8 Å². The number of fused-ring (bicyclic) bond motifs is 1. The lowest BCUT2D eigenvalue weighted by Crippen LogP contribution is -2.59. The van der Waals surface area contributed by atoms with Gasteiger partial charge in [-0.25, -0.2) is 8.78 Å². The summed E-state index contributed by atoms with van der Waals surface area (Å²) in [4.78, 5) is 1.97. The summed E-state index contributed by atoms with van der Waals surface area (Å²) in [6.45, 7) is -1.88. The van der Waals surface area contributed by atoms with E-state index in [1.165, 1.54) is 0 Å². The molecule has 2 aliphatic rings. The molecule has 2 fully saturated rings. The predicted molar refractivity (Wildman–Crippen MR) is 74.4 cm³/mol. The van der Waals surface area contributed by atoms with Crippen LogP contribution in [0.15, 0.2) is 12.1 Å². The average molecular weight is 318 g/mol. The number of rotatable bonds is 3. The first-order valence-electron chi connectivity index (χ1n) is 7.50. The Kier molecular flexibility index (Phi) is 4.42. The highest BCUT2D eigenvalue weighted by Crippen LogP contribution is 2.33. The van der Waals surface area contributed by atoms with Crippen LogP contribution in [-0.4, -0.2) is 31.8 Å². The van der Waals surface area contributed by atoms with Crippen molar-refractivity contribution in [2.45, 2.75) is 44.4 Å². The fraction of sp³-hybridized carbons (Fsp3) is 0.600. The van der Waals surface area contributed by atoms with E-state index in [4.69, 9.17) is 0 Å². The molecule has 0 radical (unpaired) electrons. The molecule has 1 aromatic carbocycles. The number of hydrogen-bond donors (Lipinski definition) is 1. The molecular weight excluding hydrogens is 300 g/mol. The Hall–Kier alpha value is -1.50. The smallest absolute Gasteiger partial charge is 0.387 e. The summed E-state index contributed by atoms with van der Waals surface area (Å²) in [5, 5.41) is 3.43. The zero-order valence-corrected chi connectivity index (χ0v) is 12.0. The van der Waals surface area contributed by atoms with Gasteiger partial charge in [0.2, 0.25) is 0 Å². The van der Waals surface area contributed by atoms with Crippen LogP contribution < -0.4 is 15.0 Å². The zero-order valence-electron chi connectivity index (χ0n) is 12.0. The first-order valence-corrected chi connectivity index (χ1v) is 7.50. The third kappa shape index (κ3) is 2.99. The van der Waals surface area contributed by atoms with Gasteiger partial charge in [-0.3, -0.25) is 0 Å². The third-order valence-corrected chi connectivity index (χ3v) is 4.41. The molecule has 3 nitrogen and oxygen atoms in total. The molecular formula is C15H18F4N2O. The van der Waals surface area contributed by atoms with Crippen LogP contribution in [0.1, 0.15) is 25.7 Å². The molecule has 1 aromatic rings. The van der Waals surface area contributed by atoms with Crippen LogP contribution in [0.5, 0.6) is 5.75 Å². The van der Waals surface area contributed by atoms with E-state index in [0.29, 0.717) is 18.3 Å². The third-order valence-electron chi connectivity index (χ3n) is 4.41. The number of hydrogen-bond acceptors (Lipinski definition) is 3. The highest BCUT2D eigenvalue weighted by atomic mass is 19.3. The van der Waals surface area contributed by atoms with Crippen LogP contribution in [0.4, 0.5) is 23.2 Å². The number of piperazine rings is 1. The lowest BCUT2D eigenvalue weighted by Gasteiger charge is -2.46. The topological polar surface area (TPSA) is 24.5 Å². The van der Waals surface area contributed by atoms with Gasteiger partial charge in [0, 0.05) is 43.0 Å². The van der Waals surface area contributed by atoms with Gasteiger partial charge in [0.1, 0.15) is 0 Å². The average Bonchev–Trinajstić information content (AvgIpc) is 2.50. The minimum absolute atomic E-state index is 0.183. The van der Waals surface area contributed by atoms with Crippen LogP contribution in [0, 0.1) is 11.6 Å². The van der Waals surface area contributed by atoms with Crippen LogP contribution in [0.25, 0.3) is 0 Å². The normalized spacial score (nSPS) is 25.2. The fourth-order valence-electron chi connectivity index (χ4n) is 3.49. The summed E-state index contributed by atoms with van der Waals surface area (Å²) >= 11 is 0. The molecule has 0 aromatic heterocycles. The largest absolute Gasteiger partial charge is 0.429 e. The van der Waals surface area contributed by atoms with E-state index >= 15 is 0 Å². The van der Waals surface area contributed by atoms with Crippen molar-refractivity contribution >= 4 is 5.69 Å². The Morgan fingerprint density at radius 2 is 1.82 bits per heavy atom. The van der Waals surface area contributed by atoms with Crippen molar-refractivity contribution in [1.29, 1.82) is 0 Å². The van der Waals surface area contributed by atoms with Crippen molar-refractivity contribution in [2.75, 3.05) is 18.0 Å². The summed E-state index contributed by atoms with van der Waals surface area (Å²) in [6, 6.07) is 2.66. The zero-order chi connectivity index (χ0) is 15.7. The fourth-order valence-corrected chi connectivity index (χ4v) is 3.49. The number of halogens is 4. The molecule has 1 saturated carbocycles. The van der Waals surface area contributed by atoms with E-state index < -0.39 is 24.0 Å². The van der Waals surface area contributed by atoms with Crippen LogP contribution in [0.2, 0.25) is 0 Å². The second kappa shape index (κ2) is 6.32. The van der Waals surface area contributed by atoms with E-state index in [2.05, 4.69) is 10.1 Å². The second-order valence-corrected chi connectivity index (χ2v) is 5.72. The Balaban J connectivity index is 1.87. The van der Waals surface area contributed by atoms with Gasteiger partial charge >= 0.3 is 6.61 Å². The SMILES string of the molecule is Fc1cc(N2CCN[C@H]3CCCCC32)cc(F)c1OC(F)F. The number of anilines is 1. The number of nitrogens with zero attached hydrogens (tertiary/aromatic N) is 1. The summed E-state index contributed by atoms with van der Waals surface area (Å²) in [6.07, 6.45) is 4.22. The molecule has 1 heterocycles. The first kappa shape index (κ1) is 15.4. The predicted octanol–water partition coefficient (Wildman–Crippen LogP) is 3.29. The monoisotopic (exact) mass is 318 g/mol. The van der Waals surface area contributed by atoms with Gasteiger partial charge in [-0.2, -0.15) is 8.78 Å². The molecule has 0 bridgehead atoms.